The molecule has 0 fully saturated rings. The van der Waals surface area contributed by atoms with Crippen molar-refractivity contribution in [2.75, 3.05) is 0 Å². The summed E-state index contributed by atoms with van der Waals surface area (Å²) in [5, 5.41) is 9.00. The highest BCUT2D eigenvalue weighted by molar-refractivity contribution is 9.10. The second-order valence-electron chi connectivity index (χ2n) is 2.03. The predicted molar refractivity (Wildman–Crippen MR) is 41.4 cm³/mol. The van der Waals surface area contributed by atoms with Gasteiger partial charge in [0.25, 0.3) is 12.0 Å². The van der Waals surface area contributed by atoms with E-state index in [1.54, 1.807) is 0 Å². The van der Waals surface area contributed by atoms with Crippen molar-refractivity contribution in [2.45, 2.75) is 6.43 Å². The molecule has 0 bridgehead atoms. The van der Waals surface area contributed by atoms with E-state index in [-0.39, 0.29) is 4.47 Å². The molecule has 0 aliphatic rings. The Morgan fingerprint density at radius 1 is 1.58 bits per heavy atom. The molecule has 1 heterocycles. The molecule has 12 heavy (non-hydrogen) atoms. The minimum atomic E-state index is -2.98. The van der Waals surface area contributed by atoms with Gasteiger partial charge in [0.1, 0.15) is 11.3 Å². The maximum absolute atomic E-state index is 12.1. The number of halogens is 3. The SMILES string of the molecule is O=c1[nH]cc(Br)c(O)c1C(F)F. The van der Waals surface area contributed by atoms with Gasteiger partial charge < -0.3 is 10.1 Å². The average molecular weight is 240 g/mol. The van der Waals surface area contributed by atoms with Crippen molar-refractivity contribution in [1.29, 1.82) is 0 Å². The van der Waals surface area contributed by atoms with E-state index in [2.05, 4.69) is 15.9 Å². The van der Waals surface area contributed by atoms with Gasteiger partial charge in [-0.3, -0.25) is 4.79 Å². The lowest BCUT2D eigenvalue weighted by molar-refractivity contribution is 0.145. The van der Waals surface area contributed by atoms with Gasteiger partial charge in [0.05, 0.1) is 4.47 Å². The third-order valence-corrected chi connectivity index (χ3v) is 1.88. The second-order valence-corrected chi connectivity index (χ2v) is 2.88. The Hall–Kier alpha value is -0.910. The van der Waals surface area contributed by atoms with E-state index >= 15 is 0 Å². The van der Waals surface area contributed by atoms with Crippen LogP contribution in [0.15, 0.2) is 15.5 Å². The van der Waals surface area contributed by atoms with E-state index in [0.717, 1.165) is 6.20 Å². The summed E-state index contributed by atoms with van der Waals surface area (Å²) in [6.07, 6.45) is -1.88. The lowest BCUT2D eigenvalue weighted by atomic mass is 10.2. The van der Waals surface area contributed by atoms with Crippen molar-refractivity contribution in [3.05, 3.63) is 26.6 Å². The van der Waals surface area contributed by atoms with Gasteiger partial charge in [-0.2, -0.15) is 0 Å². The van der Waals surface area contributed by atoms with Crippen LogP contribution in [0.3, 0.4) is 0 Å². The zero-order valence-corrected chi connectivity index (χ0v) is 7.23. The molecule has 0 aliphatic carbocycles. The van der Waals surface area contributed by atoms with Gasteiger partial charge in [0.2, 0.25) is 0 Å². The van der Waals surface area contributed by atoms with Crippen LogP contribution in [0.5, 0.6) is 5.75 Å². The van der Waals surface area contributed by atoms with E-state index in [1.165, 1.54) is 0 Å². The predicted octanol–water partition coefficient (Wildman–Crippen LogP) is 1.78. The molecule has 0 saturated heterocycles. The zero-order chi connectivity index (χ0) is 9.30. The van der Waals surface area contributed by atoms with Gasteiger partial charge in [-0.05, 0) is 15.9 Å². The molecule has 0 radical (unpaired) electrons. The summed E-state index contributed by atoms with van der Waals surface area (Å²) in [5.41, 5.74) is -1.89. The Bertz CT molecular complexity index is 350. The Morgan fingerprint density at radius 3 is 2.58 bits per heavy atom. The maximum Gasteiger partial charge on any atom is 0.272 e. The maximum atomic E-state index is 12.1. The molecule has 0 aromatic carbocycles. The standard InChI is InChI=1S/C6H4BrF2NO2/c7-2-1-10-6(12)3(4(2)11)5(8)9/h1,5H,(H2,10,11,12). The van der Waals surface area contributed by atoms with Crippen LogP contribution in [-0.2, 0) is 0 Å². The first kappa shape index (κ1) is 9.18. The average Bonchev–Trinajstić information content (AvgIpc) is 1.97. The Balaban J connectivity index is 3.43. The summed E-state index contributed by atoms with van der Waals surface area (Å²) in [5.74, 6) is -0.714. The van der Waals surface area contributed by atoms with E-state index < -0.39 is 23.3 Å². The molecular weight excluding hydrogens is 236 g/mol. The molecule has 1 aromatic rings. The van der Waals surface area contributed by atoms with E-state index in [4.69, 9.17) is 5.11 Å². The van der Waals surface area contributed by atoms with Gasteiger partial charge >= 0.3 is 0 Å². The molecule has 0 unspecified atom stereocenters. The molecule has 0 aliphatic heterocycles. The quantitative estimate of drug-likeness (QED) is 0.785. The number of aromatic nitrogens is 1. The first-order valence-corrected chi connectivity index (χ1v) is 3.71. The molecule has 1 aromatic heterocycles. The van der Waals surface area contributed by atoms with Gasteiger partial charge in [-0.1, -0.05) is 0 Å². The second kappa shape index (κ2) is 3.22. The molecule has 0 saturated carbocycles. The first-order valence-electron chi connectivity index (χ1n) is 2.92. The summed E-state index contributed by atoms with van der Waals surface area (Å²) in [6.45, 7) is 0. The number of H-pyrrole nitrogens is 1. The van der Waals surface area contributed by atoms with Crippen molar-refractivity contribution in [1.82, 2.24) is 4.98 Å². The van der Waals surface area contributed by atoms with Crippen molar-refractivity contribution in [3.8, 4) is 5.75 Å². The lowest BCUT2D eigenvalue weighted by Crippen LogP contribution is -2.12. The fraction of sp³-hybridized carbons (Fsp3) is 0.167. The largest absolute Gasteiger partial charge is 0.506 e. The summed E-state index contributed by atoms with van der Waals surface area (Å²) < 4.78 is 24.2. The number of hydrogen-bond acceptors (Lipinski definition) is 2. The third kappa shape index (κ3) is 1.47. The van der Waals surface area contributed by atoms with Crippen LogP contribution < -0.4 is 5.56 Å². The Kier molecular flexibility index (Phi) is 2.46. The molecule has 6 heteroatoms. The summed E-state index contributed by atoms with van der Waals surface area (Å²) in [4.78, 5) is 12.8. The Labute approximate surface area is 74.2 Å². The highest BCUT2D eigenvalue weighted by Gasteiger charge is 2.19. The molecule has 0 spiro atoms. The number of aromatic hydroxyl groups is 1. The fourth-order valence-electron chi connectivity index (χ4n) is 0.714. The van der Waals surface area contributed by atoms with E-state index in [9.17, 15) is 13.6 Å². The minimum Gasteiger partial charge on any atom is -0.506 e. The fourth-order valence-corrected chi connectivity index (χ4v) is 1.04. The third-order valence-electron chi connectivity index (χ3n) is 1.27. The van der Waals surface area contributed by atoms with Gasteiger partial charge in [-0.15, -0.1) is 0 Å². The van der Waals surface area contributed by atoms with E-state index in [0.29, 0.717) is 0 Å². The number of aromatic amines is 1. The first-order chi connectivity index (χ1) is 5.54. The zero-order valence-electron chi connectivity index (χ0n) is 5.64. The van der Waals surface area contributed by atoms with Crippen molar-refractivity contribution >= 4 is 15.9 Å². The summed E-state index contributed by atoms with van der Waals surface area (Å²) in [6, 6.07) is 0. The van der Waals surface area contributed by atoms with Crippen LogP contribution in [0.1, 0.15) is 12.0 Å². The van der Waals surface area contributed by atoms with Gasteiger partial charge in [-0.25, -0.2) is 8.78 Å². The Morgan fingerprint density at radius 2 is 2.17 bits per heavy atom. The van der Waals surface area contributed by atoms with Crippen molar-refractivity contribution < 1.29 is 13.9 Å². The van der Waals surface area contributed by atoms with Gasteiger partial charge in [0.15, 0.2) is 0 Å². The molecule has 3 nitrogen and oxygen atoms in total. The highest BCUT2D eigenvalue weighted by Crippen LogP contribution is 2.30. The monoisotopic (exact) mass is 239 g/mol. The smallest absolute Gasteiger partial charge is 0.272 e. The molecule has 1 rings (SSSR count). The molecule has 0 atom stereocenters. The van der Waals surface area contributed by atoms with Gasteiger partial charge in [0, 0.05) is 6.20 Å². The van der Waals surface area contributed by atoms with Crippen molar-refractivity contribution in [3.63, 3.8) is 0 Å². The van der Waals surface area contributed by atoms with Crippen LogP contribution in [0.25, 0.3) is 0 Å². The molecular formula is C6H4BrF2NO2. The summed E-state index contributed by atoms with van der Waals surface area (Å²) >= 11 is 2.80. The van der Waals surface area contributed by atoms with Crippen LogP contribution in [0.4, 0.5) is 8.78 Å². The van der Waals surface area contributed by atoms with Crippen LogP contribution in [0.2, 0.25) is 0 Å². The topological polar surface area (TPSA) is 53.1 Å². The van der Waals surface area contributed by atoms with Crippen LogP contribution in [0, 0.1) is 0 Å². The summed E-state index contributed by atoms with van der Waals surface area (Å²) in [7, 11) is 0. The van der Waals surface area contributed by atoms with E-state index in [1.807, 2.05) is 4.98 Å². The number of hydrogen-bond donors (Lipinski definition) is 2. The van der Waals surface area contributed by atoms with Crippen LogP contribution in [-0.4, -0.2) is 10.1 Å². The molecule has 66 valence electrons. The number of pyridine rings is 1. The van der Waals surface area contributed by atoms with Crippen LogP contribution >= 0.6 is 15.9 Å². The number of alkyl halides is 2. The molecule has 0 amide bonds. The lowest BCUT2D eigenvalue weighted by Gasteiger charge is -2.02. The number of nitrogens with one attached hydrogen (secondary N) is 1. The minimum absolute atomic E-state index is 0.0393. The number of rotatable bonds is 1. The highest BCUT2D eigenvalue weighted by atomic mass is 79.9. The normalized spacial score (nSPS) is 10.7. The van der Waals surface area contributed by atoms with Crippen molar-refractivity contribution in [2.24, 2.45) is 0 Å². The molecule has 2 N–H and O–H groups in total.